The van der Waals surface area contributed by atoms with Crippen molar-refractivity contribution in [2.45, 2.75) is 6.42 Å². The van der Waals surface area contributed by atoms with E-state index in [2.05, 4.69) is 5.32 Å². The summed E-state index contributed by atoms with van der Waals surface area (Å²) in [5, 5.41) is 2.78. The van der Waals surface area contributed by atoms with Gasteiger partial charge in [0.2, 0.25) is 5.91 Å². The molecule has 0 radical (unpaired) electrons. The van der Waals surface area contributed by atoms with Crippen LogP contribution in [0.25, 0.3) is 6.08 Å². The number of nitrogens with one attached hydrogen (secondary N) is 1. The zero-order valence-corrected chi connectivity index (χ0v) is 8.62. The fraction of sp³-hybridized carbons (Fsp3) is 0.250. The summed E-state index contributed by atoms with van der Waals surface area (Å²) in [5.74, 6) is 0.874. The second-order valence-electron chi connectivity index (χ2n) is 3.45. The first-order valence-corrected chi connectivity index (χ1v) is 4.92. The summed E-state index contributed by atoms with van der Waals surface area (Å²) in [6.07, 6.45) is 2.73. The van der Waals surface area contributed by atoms with Crippen LogP contribution < -0.4 is 10.1 Å². The number of benzene rings is 1. The van der Waals surface area contributed by atoms with Gasteiger partial charge in [-0.2, -0.15) is 0 Å². The van der Waals surface area contributed by atoms with Gasteiger partial charge >= 0.3 is 0 Å². The molecular weight excluding hydrogens is 190 g/mol. The van der Waals surface area contributed by atoms with Crippen molar-refractivity contribution < 1.29 is 9.53 Å². The van der Waals surface area contributed by atoms with Crippen molar-refractivity contribution in [3.05, 3.63) is 35.4 Å². The maximum Gasteiger partial charge on any atom is 0.247 e. The second-order valence-corrected chi connectivity index (χ2v) is 3.45. The largest absolute Gasteiger partial charge is 0.497 e. The van der Waals surface area contributed by atoms with Crippen molar-refractivity contribution >= 4 is 12.0 Å². The standard InChI is InChI=1S/C12H13NO2/c1-15-11-4-2-9(3-5-11)8-10-6-7-13-12(10)14/h2-5,8H,6-7H2,1H3,(H,13,14)/b10-8-. The molecule has 0 spiro atoms. The topological polar surface area (TPSA) is 38.3 Å². The molecule has 1 aliphatic heterocycles. The van der Waals surface area contributed by atoms with E-state index in [4.69, 9.17) is 4.74 Å². The van der Waals surface area contributed by atoms with Gasteiger partial charge in [0.25, 0.3) is 0 Å². The van der Waals surface area contributed by atoms with Gasteiger partial charge in [-0.1, -0.05) is 12.1 Å². The summed E-state index contributed by atoms with van der Waals surface area (Å²) in [5.41, 5.74) is 1.88. The Hall–Kier alpha value is -1.77. The van der Waals surface area contributed by atoms with Crippen LogP contribution in [-0.2, 0) is 4.79 Å². The molecule has 1 fully saturated rings. The number of hydrogen-bond acceptors (Lipinski definition) is 2. The van der Waals surface area contributed by atoms with Gasteiger partial charge in [-0.05, 0) is 30.2 Å². The average molecular weight is 203 g/mol. The van der Waals surface area contributed by atoms with Gasteiger partial charge in [0.1, 0.15) is 5.75 Å². The third-order valence-electron chi connectivity index (χ3n) is 2.43. The molecule has 2 rings (SSSR count). The smallest absolute Gasteiger partial charge is 0.247 e. The molecule has 1 amide bonds. The van der Waals surface area contributed by atoms with E-state index in [0.29, 0.717) is 0 Å². The van der Waals surface area contributed by atoms with Crippen LogP contribution in [0.5, 0.6) is 5.75 Å². The second kappa shape index (κ2) is 4.17. The summed E-state index contributed by atoms with van der Waals surface area (Å²) >= 11 is 0. The molecule has 1 aliphatic rings. The molecule has 1 saturated heterocycles. The minimum absolute atomic E-state index is 0.0471. The van der Waals surface area contributed by atoms with E-state index in [1.54, 1.807) is 7.11 Å². The van der Waals surface area contributed by atoms with Gasteiger partial charge in [-0.15, -0.1) is 0 Å². The molecule has 0 aliphatic carbocycles. The SMILES string of the molecule is COc1ccc(/C=C2/CCNC2=O)cc1. The number of hydrogen-bond donors (Lipinski definition) is 1. The highest BCUT2D eigenvalue weighted by Crippen LogP contribution is 2.16. The highest BCUT2D eigenvalue weighted by molar-refractivity contribution is 5.99. The van der Waals surface area contributed by atoms with Crippen molar-refractivity contribution in [1.82, 2.24) is 5.32 Å². The quantitative estimate of drug-likeness (QED) is 0.741. The van der Waals surface area contributed by atoms with Crippen molar-refractivity contribution in [1.29, 1.82) is 0 Å². The molecule has 1 aromatic carbocycles. The first-order valence-electron chi connectivity index (χ1n) is 4.92. The van der Waals surface area contributed by atoms with Crippen LogP contribution >= 0.6 is 0 Å². The first kappa shape index (κ1) is 9.77. The van der Waals surface area contributed by atoms with Crippen LogP contribution in [0.2, 0.25) is 0 Å². The molecule has 0 saturated carbocycles. The van der Waals surface area contributed by atoms with Gasteiger partial charge < -0.3 is 10.1 Å². The molecule has 1 aromatic rings. The molecule has 0 aromatic heterocycles. The molecule has 1 heterocycles. The summed E-state index contributed by atoms with van der Waals surface area (Å²) in [7, 11) is 1.64. The zero-order valence-electron chi connectivity index (χ0n) is 8.62. The van der Waals surface area contributed by atoms with Crippen molar-refractivity contribution in [2.75, 3.05) is 13.7 Å². The van der Waals surface area contributed by atoms with E-state index >= 15 is 0 Å². The van der Waals surface area contributed by atoms with E-state index in [-0.39, 0.29) is 5.91 Å². The predicted molar refractivity (Wildman–Crippen MR) is 58.6 cm³/mol. The van der Waals surface area contributed by atoms with Crippen LogP contribution in [0.3, 0.4) is 0 Å². The fourth-order valence-electron chi connectivity index (χ4n) is 1.58. The van der Waals surface area contributed by atoms with Crippen LogP contribution in [0.15, 0.2) is 29.8 Å². The molecule has 15 heavy (non-hydrogen) atoms. The van der Waals surface area contributed by atoms with Crippen molar-refractivity contribution in [2.24, 2.45) is 0 Å². The average Bonchev–Trinajstić information content (AvgIpc) is 2.66. The Labute approximate surface area is 88.8 Å². The number of ether oxygens (including phenoxy) is 1. The van der Waals surface area contributed by atoms with Gasteiger partial charge in [0.15, 0.2) is 0 Å². The molecule has 3 nitrogen and oxygen atoms in total. The third-order valence-corrected chi connectivity index (χ3v) is 2.43. The minimum atomic E-state index is 0.0471. The number of methoxy groups -OCH3 is 1. The van der Waals surface area contributed by atoms with Crippen LogP contribution in [0.4, 0.5) is 0 Å². The maximum absolute atomic E-state index is 11.3. The van der Waals surface area contributed by atoms with Crippen LogP contribution in [0.1, 0.15) is 12.0 Å². The normalized spacial score (nSPS) is 17.9. The fourth-order valence-corrected chi connectivity index (χ4v) is 1.58. The number of rotatable bonds is 2. The lowest BCUT2D eigenvalue weighted by Gasteiger charge is -2.00. The summed E-state index contributed by atoms with van der Waals surface area (Å²) in [4.78, 5) is 11.3. The maximum atomic E-state index is 11.3. The third kappa shape index (κ3) is 2.18. The lowest BCUT2D eigenvalue weighted by molar-refractivity contribution is -0.116. The Morgan fingerprint density at radius 2 is 2.07 bits per heavy atom. The highest BCUT2D eigenvalue weighted by Gasteiger charge is 2.15. The van der Waals surface area contributed by atoms with E-state index < -0.39 is 0 Å². The molecule has 78 valence electrons. The lowest BCUT2D eigenvalue weighted by Crippen LogP contribution is -2.13. The highest BCUT2D eigenvalue weighted by atomic mass is 16.5. The van der Waals surface area contributed by atoms with E-state index in [0.717, 1.165) is 29.9 Å². The molecule has 3 heteroatoms. The molecule has 0 bridgehead atoms. The Balaban J connectivity index is 2.20. The Kier molecular flexibility index (Phi) is 2.72. The zero-order chi connectivity index (χ0) is 10.7. The van der Waals surface area contributed by atoms with E-state index in [9.17, 15) is 4.79 Å². The Morgan fingerprint density at radius 1 is 1.33 bits per heavy atom. The first-order chi connectivity index (χ1) is 7.29. The van der Waals surface area contributed by atoms with Gasteiger partial charge in [-0.3, -0.25) is 4.79 Å². The van der Waals surface area contributed by atoms with Crippen molar-refractivity contribution in [3.63, 3.8) is 0 Å². The summed E-state index contributed by atoms with van der Waals surface area (Å²) < 4.78 is 5.06. The predicted octanol–water partition coefficient (Wildman–Crippen LogP) is 1.60. The number of carbonyl (C=O) groups excluding carboxylic acids is 1. The number of amides is 1. The Morgan fingerprint density at radius 3 is 2.60 bits per heavy atom. The van der Waals surface area contributed by atoms with Crippen LogP contribution in [-0.4, -0.2) is 19.6 Å². The van der Waals surface area contributed by atoms with Crippen LogP contribution in [0, 0.1) is 0 Å². The monoisotopic (exact) mass is 203 g/mol. The van der Waals surface area contributed by atoms with Gasteiger partial charge in [-0.25, -0.2) is 0 Å². The Bertz CT molecular complexity index is 393. The lowest BCUT2D eigenvalue weighted by atomic mass is 10.1. The van der Waals surface area contributed by atoms with Crippen molar-refractivity contribution in [3.8, 4) is 5.75 Å². The van der Waals surface area contributed by atoms with Gasteiger partial charge in [0.05, 0.1) is 7.11 Å². The number of carbonyl (C=O) groups is 1. The van der Waals surface area contributed by atoms with Gasteiger partial charge in [0, 0.05) is 12.1 Å². The van der Waals surface area contributed by atoms with E-state index in [1.165, 1.54) is 0 Å². The molecule has 1 N–H and O–H groups in total. The molecule has 0 atom stereocenters. The summed E-state index contributed by atoms with van der Waals surface area (Å²) in [6.45, 7) is 0.751. The minimum Gasteiger partial charge on any atom is -0.497 e. The van der Waals surface area contributed by atoms with E-state index in [1.807, 2.05) is 30.3 Å². The molecule has 0 unspecified atom stereocenters. The molecular formula is C12H13NO2. The summed E-state index contributed by atoms with van der Waals surface area (Å²) in [6, 6.07) is 7.66.